The molecule has 174 valence electrons. The number of nitrogens with zero attached hydrogens (tertiary/aromatic N) is 5. The molecule has 3 aromatic heterocycles. The molecule has 34 heavy (non-hydrogen) atoms. The Morgan fingerprint density at radius 3 is 2.82 bits per heavy atom. The van der Waals surface area contributed by atoms with Crippen molar-refractivity contribution < 1.29 is 18.7 Å². The third kappa shape index (κ3) is 3.70. The number of esters is 1. The van der Waals surface area contributed by atoms with E-state index in [1.165, 1.54) is 12.4 Å². The van der Waals surface area contributed by atoms with Crippen LogP contribution in [0.2, 0.25) is 0 Å². The molecule has 9 nitrogen and oxygen atoms in total. The van der Waals surface area contributed by atoms with E-state index in [0.717, 1.165) is 16.8 Å². The zero-order chi connectivity index (χ0) is 23.8. The second-order valence-corrected chi connectivity index (χ2v) is 7.90. The highest BCUT2D eigenvalue weighted by molar-refractivity contribution is 6.00. The number of carbonyl (C=O) groups excluding carboxylic acids is 1. The average molecular weight is 462 g/mol. The predicted octanol–water partition coefficient (Wildman–Crippen LogP) is 3.67. The number of anilines is 1. The number of carbonyl (C=O) groups is 1. The molecule has 4 aromatic rings. The van der Waals surface area contributed by atoms with E-state index < -0.39 is 5.97 Å². The van der Waals surface area contributed by atoms with Crippen LogP contribution in [0.25, 0.3) is 16.6 Å². The molecule has 1 N–H and O–H groups in total. The van der Waals surface area contributed by atoms with E-state index >= 15 is 0 Å². The zero-order valence-electron chi connectivity index (χ0n) is 19.1. The molecule has 1 aliphatic heterocycles. The van der Waals surface area contributed by atoms with Crippen LogP contribution in [0.1, 0.15) is 40.1 Å². The van der Waals surface area contributed by atoms with Crippen LogP contribution in [-0.4, -0.2) is 43.5 Å². The summed E-state index contributed by atoms with van der Waals surface area (Å²) in [5, 5.41) is 3.19. The zero-order valence-corrected chi connectivity index (χ0v) is 19.1. The predicted molar refractivity (Wildman–Crippen MR) is 122 cm³/mol. The maximum absolute atomic E-state index is 14.6. The van der Waals surface area contributed by atoms with Crippen molar-refractivity contribution in [3.8, 4) is 16.9 Å². The maximum atomic E-state index is 14.6. The lowest BCUT2D eigenvalue weighted by molar-refractivity contribution is 0.0522. The molecular weight excluding hydrogens is 439 g/mol. The third-order valence-corrected chi connectivity index (χ3v) is 5.79. The van der Waals surface area contributed by atoms with E-state index in [9.17, 15) is 9.18 Å². The number of ether oxygens (including phenoxy) is 2. The fourth-order valence-electron chi connectivity index (χ4n) is 4.21. The molecular formula is C24H23FN6O3. The molecule has 0 radical (unpaired) electrons. The van der Waals surface area contributed by atoms with Crippen molar-refractivity contribution in [2.45, 2.75) is 33.7 Å². The summed E-state index contributed by atoms with van der Waals surface area (Å²) in [6.45, 7) is 6.36. The summed E-state index contributed by atoms with van der Waals surface area (Å²) in [5.74, 6) is 0.897. The molecule has 0 saturated carbocycles. The van der Waals surface area contributed by atoms with Gasteiger partial charge >= 0.3 is 5.97 Å². The number of rotatable bonds is 6. The Morgan fingerprint density at radius 1 is 1.21 bits per heavy atom. The van der Waals surface area contributed by atoms with Crippen molar-refractivity contribution >= 4 is 17.4 Å². The van der Waals surface area contributed by atoms with Gasteiger partial charge in [0.15, 0.2) is 5.69 Å². The van der Waals surface area contributed by atoms with Crippen molar-refractivity contribution in [3.63, 3.8) is 0 Å². The molecule has 0 aliphatic carbocycles. The number of aryl methyl sites for hydroxylation is 2. The molecule has 0 unspecified atom stereocenters. The van der Waals surface area contributed by atoms with Crippen molar-refractivity contribution in [3.05, 3.63) is 65.0 Å². The van der Waals surface area contributed by atoms with Gasteiger partial charge in [0.1, 0.15) is 23.7 Å². The number of hydrogen-bond acceptors (Lipinski definition) is 8. The Morgan fingerprint density at radius 2 is 2.03 bits per heavy atom. The number of halogens is 1. The van der Waals surface area contributed by atoms with Crippen LogP contribution in [0.5, 0.6) is 5.75 Å². The highest BCUT2D eigenvalue weighted by atomic mass is 19.1. The summed E-state index contributed by atoms with van der Waals surface area (Å²) in [4.78, 5) is 30.3. The van der Waals surface area contributed by atoms with Crippen LogP contribution in [0.3, 0.4) is 0 Å². The summed E-state index contributed by atoms with van der Waals surface area (Å²) >= 11 is 0. The van der Waals surface area contributed by atoms with Crippen LogP contribution < -0.4 is 10.1 Å². The number of aromatic nitrogens is 5. The molecule has 0 atom stereocenters. The van der Waals surface area contributed by atoms with Crippen LogP contribution >= 0.6 is 0 Å². The normalized spacial score (nSPS) is 12.5. The van der Waals surface area contributed by atoms with Gasteiger partial charge in [-0.3, -0.25) is 4.40 Å². The molecule has 0 saturated heterocycles. The van der Waals surface area contributed by atoms with Crippen LogP contribution in [0, 0.1) is 19.7 Å². The quantitative estimate of drug-likeness (QED) is 0.433. The Labute approximate surface area is 195 Å². The van der Waals surface area contributed by atoms with Gasteiger partial charge in [-0.1, -0.05) is 0 Å². The lowest BCUT2D eigenvalue weighted by Gasteiger charge is -2.14. The van der Waals surface area contributed by atoms with Crippen molar-refractivity contribution in [1.82, 2.24) is 24.3 Å². The SMILES string of the molecule is CCOC(=O)c1ncn2c(NCc3c(F)ccc4c3CCO4)ncc(-c3cnc(C)nc3C)c12. The van der Waals surface area contributed by atoms with E-state index in [1.54, 1.807) is 29.8 Å². The van der Waals surface area contributed by atoms with Crippen LogP contribution in [-0.2, 0) is 17.7 Å². The van der Waals surface area contributed by atoms with Crippen LogP contribution in [0.4, 0.5) is 10.3 Å². The van der Waals surface area contributed by atoms with Gasteiger partial charge in [0.2, 0.25) is 5.95 Å². The topological polar surface area (TPSA) is 104 Å². The summed E-state index contributed by atoms with van der Waals surface area (Å²) in [5.41, 5.74) is 4.16. The van der Waals surface area contributed by atoms with E-state index in [2.05, 4.69) is 25.3 Å². The van der Waals surface area contributed by atoms with Gasteiger partial charge < -0.3 is 14.8 Å². The number of imidazole rings is 1. The summed E-state index contributed by atoms with van der Waals surface area (Å²) < 4.78 is 27.1. The summed E-state index contributed by atoms with van der Waals surface area (Å²) in [7, 11) is 0. The number of benzene rings is 1. The second kappa shape index (κ2) is 8.69. The minimum absolute atomic E-state index is 0.155. The second-order valence-electron chi connectivity index (χ2n) is 7.90. The van der Waals surface area contributed by atoms with Gasteiger partial charge in [-0.15, -0.1) is 0 Å². The first-order valence-electron chi connectivity index (χ1n) is 11.0. The lowest BCUT2D eigenvalue weighted by atomic mass is 10.0. The van der Waals surface area contributed by atoms with Crippen molar-refractivity contribution in [2.75, 3.05) is 18.5 Å². The van der Waals surface area contributed by atoms with E-state index in [0.29, 0.717) is 47.2 Å². The van der Waals surface area contributed by atoms with Gasteiger partial charge in [0, 0.05) is 53.3 Å². The first-order valence-corrected chi connectivity index (χ1v) is 11.0. The van der Waals surface area contributed by atoms with Crippen LogP contribution in [0.15, 0.2) is 30.9 Å². The standard InChI is InChI=1S/C24H23FN6O3/c1-4-33-23(32)21-22-18(16-9-26-14(3)30-13(16)2)11-28-24(31(22)12-29-21)27-10-17-15-7-8-34-20(15)6-5-19(17)25/h5-6,9,11-12H,4,7-8,10H2,1-3H3,(H,27,28). The molecule has 0 fully saturated rings. The Balaban J connectivity index is 1.60. The fourth-order valence-corrected chi connectivity index (χ4v) is 4.21. The highest BCUT2D eigenvalue weighted by Crippen LogP contribution is 2.32. The first-order chi connectivity index (χ1) is 16.5. The lowest BCUT2D eigenvalue weighted by Crippen LogP contribution is -2.11. The molecule has 10 heteroatoms. The highest BCUT2D eigenvalue weighted by Gasteiger charge is 2.23. The molecule has 0 bridgehead atoms. The van der Waals surface area contributed by atoms with Crippen molar-refractivity contribution in [1.29, 1.82) is 0 Å². The molecule has 1 aliphatic rings. The third-order valence-electron chi connectivity index (χ3n) is 5.79. The number of fused-ring (bicyclic) bond motifs is 2. The molecule has 1 aromatic carbocycles. The Bertz CT molecular complexity index is 1420. The monoisotopic (exact) mass is 462 g/mol. The average Bonchev–Trinajstić information content (AvgIpc) is 3.47. The number of nitrogens with one attached hydrogen (secondary N) is 1. The minimum Gasteiger partial charge on any atom is -0.493 e. The van der Waals surface area contributed by atoms with E-state index in [-0.39, 0.29) is 24.7 Å². The van der Waals surface area contributed by atoms with E-state index in [1.807, 2.05) is 13.8 Å². The van der Waals surface area contributed by atoms with Gasteiger partial charge in [0.25, 0.3) is 0 Å². The summed E-state index contributed by atoms with van der Waals surface area (Å²) in [6.07, 6.45) is 5.49. The number of hydrogen-bond donors (Lipinski definition) is 1. The van der Waals surface area contributed by atoms with Gasteiger partial charge in [-0.05, 0) is 32.9 Å². The molecule has 5 rings (SSSR count). The Hall–Kier alpha value is -4.08. The van der Waals surface area contributed by atoms with Gasteiger partial charge in [-0.25, -0.2) is 29.1 Å². The largest absolute Gasteiger partial charge is 0.493 e. The maximum Gasteiger partial charge on any atom is 0.359 e. The van der Waals surface area contributed by atoms with Crippen molar-refractivity contribution in [2.24, 2.45) is 0 Å². The van der Waals surface area contributed by atoms with E-state index in [4.69, 9.17) is 9.47 Å². The first kappa shape index (κ1) is 21.7. The fraction of sp³-hybridized carbons (Fsp3) is 0.292. The van der Waals surface area contributed by atoms with Gasteiger partial charge in [0.05, 0.1) is 18.7 Å². The summed E-state index contributed by atoms with van der Waals surface area (Å²) in [6, 6.07) is 3.06. The molecule has 0 amide bonds. The molecule has 0 spiro atoms. The minimum atomic E-state index is -0.543. The molecule has 4 heterocycles. The van der Waals surface area contributed by atoms with Gasteiger partial charge in [-0.2, -0.15) is 0 Å². The smallest absolute Gasteiger partial charge is 0.359 e. The Kier molecular flexibility index (Phi) is 5.56.